The first-order valence-electron chi connectivity index (χ1n) is 7.52. The van der Waals surface area contributed by atoms with Gasteiger partial charge in [0.15, 0.2) is 0 Å². The van der Waals surface area contributed by atoms with E-state index in [0.717, 1.165) is 29.7 Å². The fourth-order valence-electron chi connectivity index (χ4n) is 2.95. The van der Waals surface area contributed by atoms with Gasteiger partial charge in [-0.2, -0.15) is 9.36 Å². The summed E-state index contributed by atoms with van der Waals surface area (Å²) in [4.78, 5) is 12.4. The lowest BCUT2D eigenvalue weighted by atomic mass is 9.96. The van der Waals surface area contributed by atoms with Crippen molar-refractivity contribution in [1.82, 2.24) is 19.8 Å². The van der Waals surface area contributed by atoms with E-state index in [1.807, 2.05) is 25.1 Å². The van der Waals surface area contributed by atoms with Crippen LogP contribution in [0, 0.1) is 6.92 Å². The molecule has 1 aromatic carbocycles. The molecule has 0 bridgehead atoms. The number of nitrogen functional groups attached to an aromatic ring is 1. The molecule has 2 N–H and O–H groups in total. The number of benzene rings is 1. The zero-order valence-electron chi connectivity index (χ0n) is 12.3. The Morgan fingerprint density at radius 2 is 2.00 bits per heavy atom. The molecule has 21 heavy (non-hydrogen) atoms. The van der Waals surface area contributed by atoms with Gasteiger partial charge in [0.05, 0.1) is 12.6 Å². The quantitative estimate of drug-likeness (QED) is 0.874. The first kappa shape index (κ1) is 13.9. The molecule has 0 atom stereocenters. The third-order valence-electron chi connectivity index (χ3n) is 4.25. The van der Waals surface area contributed by atoms with Gasteiger partial charge in [0, 0.05) is 5.69 Å². The van der Waals surface area contributed by atoms with E-state index in [1.165, 1.54) is 23.9 Å². The third kappa shape index (κ3) is 2.84. The largest absolute Gasteiger partial charge is 0.399 e. The molecule has 6 heteroatoms. The molecule has 0 unspecified atom stereocenters. The summed E-state index contributed by atoms with van der Waals surface area (Å²) in [7, 11) is 0. The van der Waals surface area contributed by atoms with Crippen LogP contribution in [0.2, 0.25) is 0 Å². The van der Waals surface area contributed by atoms with Crippen molar-refractivity contribution >= 4 is 5.69 Å². The van der Waals surface area contributed by atoms with Crippen molar-refractivity contribution in [3.63, 3.8) is 0 Å². The summed E-state index contributed by atoms with van der Waals surface area (Å²) >= 11 is 0. The molecule has 112 valence electrons. The molecule has 0 radical (unpaired) electrons. The molecular formula is C15H21N5O. The molecule has 1 fully saturated rings. The minimum Gasteiger partial charge on any atom is -0.399 e. The highest BCUT2D eigenvalue weighted by Gasteiger charge is 2.20. The van der Waals surface area contributed by atoms with Crippen molar-refractivity contribution in [2.75, 3.05) is 5.73 Å². The SMILES string of the molecule is Cc1cc(Cn2nnn(C3CCCCC3)c2=O)ccc1N. The number of hydrogen-bond acceptors (Lipinski definition) is 4. The highest BCUT2D eigenvalue weighted by molar-refractivity contribution is 5.47. The minimum absolute atomic E-state index is 0.114. The maximum atomic E-state index is 12.4. The molecule has 1 heterocycles. The zero-order chi connectivity index (χ0) is 14.8. The first-order chi connectivity index (χ1) is 10.1. The van der Waals surface area contributed by atoms with Gasteiger partial charge in [-0.05, 0) is 47.4 Å². The minimum atomic E-state index is -0.114. The summed E-state index contributed by atoms with van der Waals surface area (Å²) in [6, 6.07) is 5.99. The summed E-state index contributed by atoms with van der Waals surface area (Å²) in [5.74, 6) is 0. The highest BCUT2D eigenvalue weighted by atomic mass is 16.2. The van der Waals surface area contributed by atoms with Crippen molar-refractivity contribution in [3.8, 4) is 0 Å². The van der Waals surface area contributed by atoms with Crippen molar-refractivity contribution in [3.05, 3.63) is 39.8 Å². The number of tetrazole rings is 1. The molecule has 0 saturated heterocycles. The fourth-order valence-corrected chi connectivity index (χ4v) is 2.95. The number of aromatic nitrogens is 4. The number of rotatable bonds is 3. The van der Waals surface area contributed by atoms with E-state index in [0.29, 0.717) is 6.54 Å². The molecule has 0 aliphatic heterocycles. The van der Waals surface area contributed by atoms with Gasteiger partial charge in [0.1, 0.15) is 0 Å². The van der Waals surface area contributed by atoms with Crippen molar-refractivity contribution in [1.29, 1.82) is 0 Å². The molecular weight excluding hydrogens is 266 g/mol. The zero-order valence-corrected chi connectivity index (χ0v) is 12.3. The van der Waals surface area contributed by atoms with E-state index in [4.69, 9.17) is 5.73 Å². The Morgan fingerprint density at radius 1 is 1.24 bits per heavy atom. The lowest BCUT2D eigenvalue weighted by Crippen LogP contribution is -2.29. The van der Waals surface area contributed by atoms with Crippen LogP contribution in [0.3, 0.4) is 0 Å². The van der Waals surface area contributed by atoms with E-state index >= 15 is 0 Å². The van der Waals surface area contributed by atoms with Crippen LogP contribution in [0.4, 0.5) is 5.69 Å². The number of aryl methyl sites for hydroxylation is 1. The van der Waals surface area contributed by atoms with Crippen molar-refractivity contribution < 1.29 is 0 Å². The van der Waals surface area contributed by atoms with E-state index in [9.17, 15) is 4.79 Å². The number of hydrogen-bond donors (Lipinski definition) is 1. The predicted octanol–water partition coefficient (Wildman–Crippen LogP) is 1.88. The molecule has 3 rings (SSSR count). The Labute approximate surface area is 123 Å². The second-order valence-corrected chi connectivity index (χ2v) is 5.85. The monoisotopic (exact) mass is 287 g/mol. The van der Waals surface area contributed by atoms with Crippen molar-refractivity contribution in [2.45, 2.75) is 51.6 Å². The summed E-state index contributed by atoms with van der Waals surface area (Å²) in [5, 5.41) is 8.09. The average molecular weight is 287 g/mol. The predicted molar refractivity (Wildman–Crippen MR) is 81.1 cm³/mol. The number of nitrogens with zero attached hydrogens (tertiary/aromatic N) is 4. The number of anilines is 1. The Hall–Kier alpha value is -2.11. The maximum absolute atomic E-state index is 12.4. The molecule has 0 spiro atoms. The standard InChI is InChI=1S/C15H21N5O/c1-11-9-12(7-8-14(11)16)10-19-15(21)20(18-17-19)13-5-3-2-4-6-13/h7-9,13H,2-6,10,16H2,1H3. The van der Waals surface area contributed by atoms with Crippen LogP contribution >= 0.6 is 0 Å². The van der Waals surface area contributed by atoms with E-state index in [1.54, 1.807) is 4.68 Å². The van der Waals surface area contributed by atoms with Gasteiger partial charge < -0.3 is 5.73 Å². The Kier molecular flexibility index (Phi) is 3.77. The van der Waals surface area contributed by atoms with Gasteiger partial charge in [-0.15, -0.1) is 0 Å². The van der Waals surface area contributed by atoms with E-state index < -0.39 is 0 Å². The van der Waals surface area contributed by atoms with Gasteiger partial charge in [0.25, 0.3) is 0 Å². The van der Waals surface area contributed by atoms with Crippen LogP contribution < -0.4 is 11.4 Å². The molecule has 1 aromatic heterocycles. The van der Waals surface area contributed by atoms with Crippen LogP contribution in [0.1, 0.15) is 49.3 Å². The highest BCUT2D eigenvalue weighted by Crippen LogP contribution is 2.25. The van der Waals surface area contributed by atoms with Crippen LogP contribution in [-0.2, 0) is 6.54 Å². The Morgan fingerprint density at radius 3 is 2.71 bits per heavy atom. The second-order valence-electron chi connectivity index (χ2n) is 5.85. The summed E-state index contributed by atoms with van der Waals surface area (Å²) < 4.78 is 2.99. The van der Waals surface area contributed by atoms with E-state index in [-0.39, 0.29) is 11.7 Å². The summed E-state index contributed by atoms with van der Waals surface area (Å²) in [6.45, 7) is 2.40. The number of nitrogens with two attached hydrogens (primary N) is 1. The Bertz CT molecular complexity index is 682. The van der Waals surface area contributed by atoms with Gasteiger partial charge >= 0.3 is 5.69 Å². The molecule has 1 saturated carbocycles. The van der Waals surface area contributed by atoms with E-state index in [2.05, 4.69) is 10.4 Å². The Balaban J connectivity index is 1.81. The smallest absolute Gasteiger partial charge is 0.364 e. The van der Waals surface area contributed by atoms with Crippen molar-refractivity contribution in [2.24, 2.45) is 0 Å². The second kappa shape index (κ2) is 5.71. The average Bonchev–Trinajstić information content (AvgIpc) is 2.85. The molecule has 2 aromatic rings. The van der Waals surface area contributed by atoms with Gasteiger partial charge in [0.2, 0.25) is 0 Å². The van der Waals surface area contributed by atoms with Gasteiger partial charge in [-0.25, -0.2) is 4.79 Å². The van der Waals surface area contributed by atoms with Gasteiger partial charge in [-0.1, -0.05) is 31.4 Å². The lowest BCUT2D eigenvalue weighted by Gasteiger charge is -2.19. The first-order valence-corrected chi connectivity index (χ1v) is 7.52. The third-order valence-corrected chi connectivity index (χ3v) is 4.25. The molecule has 0 amide bonds. The lowest BCUT2D eigenvalue weighted by molar-refractivity contribution is 0.317. The summed E-state index contributed by atoms with van der Waals surface area (Å²) in [6.07, 6.45) is 5.64. The van der Waals surface area contributed by atoms with Gasteiger partial charge in [-0.3, -0.25) is 0 Å². The summed E-state index contributed by atoms with van der Waals surface area (Å²) in [5.41, 5.74) is 8.49. The molecule has 1 aliphatic rings. The normalized spacial score (nSPS) is 16.2. The van der Waals surface area contributed by atoms with Crippen LogP contribution in [0.15, 0.2) is 23.0 Å². The molecule has 6 nitrogen and oxygen atoms in total. The molecule has 1 aliphatic carbocycles. The van der Waals surface area contributed by atoms with Crippen LogP contribution in [0.5, 0.6) is 0 Å². The van der Waals surface area contributed by atoms with Crippen LogP contribution in [-0.4, -0.2) is 19.8 Å². The van der Waals surface area contributed by atoms with Crippen LogP contribution in [0.25, 0.3) is 0 Å². The maximum Gasteiger partial charge on any atom is 0.364 e. The topological polar surface area (TPSA) is 78.7 Å². The fraction of sp³-hybridized carbons (Fsp3) is 0.533.